The Labute approximate surface area is 123 Å². The molecule has 3 nitrogen and oxygen atoms in total. The fourth-order valence-corrected chi connectivity index (χ4v) is 3.44. The highest BCUT2D eigenvalue weighted by Gasteiger charge is 2.17. The highest BCUT2D eigenvalue weighted by Crippen LogP contribution is 2.24. The van der Waals surface area contributed by atoms with E-state index in [1.807, 2.05) is 32.2 Å². The van der Waals surface area contributed by atoms with Gasteiger partial charge in [0.05, 0.1) is 16.4 Å². The summed E-state index contributed by atoms with van der Waals surface area (Å²) in [5.74, 6) is 0.237. The monoisotopic (exact) mass is 350 g/mol. The van der Waals surface area contributed by atoms with E-state index in [0.29, 0.717) is 10.6 Å². The van der Waals surface area contributed by atoms with E-state index in [-0.39, 0.29) is 17.5 Å². The highest BCUT2D eigenvalue weighted by molar-refractivity contribution is 9.10. The van der Waals surface area contributed by atoms with E-state index < -0.39 is 5.60 Å². The number of Topliss-reactive ketones (excluding diaryl/α,β-unsaturated/α-hetero) is 1. The number of hydrogen-bond acceptors (Lipinski definition) is 5. The number of carbonyl (C=O) groups excluding carboxylic acids is 2. The van der Waals surface area contributed by atoms with Crippen LogP contribution >= 0.6 is 39.0 Å². The van der Waals surface area contributed by atoms with Crippen molar-refractivity contribution in [3.05, 3.63) is 20.8 Å². The Balaban J connectivity index is 2.33. The second kappa shape index (κ2) is 6.73. The van der Waals surface area contributed by atoms with Gasteiger partial charge in [0.1, 0.15) is 5.60 Å². The first-order chi connectivity index (χ1) is 8.29. The van der Waals surface area contributed by atoms with Gasteiger partial charge >= 0.3 is 5.97 Å². The van der Waals surface area contributed by atoms with Crippen LogP contribution < -0.4 is 0 Å². The van der Waals surface area contributed by atoms with Crippen LogP contribution in [0.5, 0.6) is 0 Å². The molecule has 0 bridgehead atoms. The van der Waals surface area contributed by atoms with Crippen molar-refractivity contribution in [2.45, 2.75) is 26.4 Å². The average Bonchev–Trinajstić information content (AvgIpc) is 2.61. The van der Waals surface area contributed by atoms with Crippen molar-refractivity contribution in [3.63, 3.8) is 0 Å². The van der Waals surface area contributed by atoms with E-state index in [2.05, 4.69) is 15.9 Å². The molecule has 0 radical (unpaired) electrons. The maximum absolute atomic E-state index is 11.8. The van der Waals surface area contributed by atoms with Gasteiger partial charge in [-0.15, -0.1) is 23.1 Å². The molecule has 0 spiro atoms. The van der Waals surface area contributed by atoms with Crippen molar-refractivity contribution in [2.24, 2.45) is 0 Å². The van der Waals surface area contributed by atoms with Crippen LogP contribution in [-0.4, -0.2) is 28.9 Å². The van der Waals surface area contributed by atoms with Gasteiger partial charge in [-0.3, -0.25) is 9.59 Å². The van der Waals surface area contributed by atoms with Gasteiger partial charge in [-0.2, -0.15) is 0 Å². The van der Waals surface area contributed by atoms with Crippen LogP contribution in [0.4, 0.5) is 0 Å². The highest BCUT2D eigenvalue weighted by atomic mass is 79.9. The van der Waals surface area contributed by atoms with Crippen molar-refractivity contribution in [3.8, 4) is 0 Å². The molecule has 18 heavy (non-hydrogen) atoms. The third-order valence-electron chi connectivity index (χ3n) is 1.74. The van der Waals surface area contributed by atoms with Crippen LogP contribution in [-0.2, 0) is 9.53 Å². The summed E-state index contributed by atoms with van der Waals surface area (Å²) in [7, 11) is 0. The molecular formula is C12H15BrO3S2. The van der Waals surface area contributed by atoms with Crippen molar-refractivity contribution < 1.29 is 14.3 Å². The maximum atomic E-state index is 11.8. The number of thiophene rings is 1. The topological polar surface area (TPSA) is 43.4 Å². The lowest BCUT2D eigenvalue weighted by atomic mass is 10.2. The summed E-state index contributed by atoms with van der Waals surface area (Å²) in [4.78, 5) is 23.9. The summed E-state index contributed by atoms with van der Waals surface area (Å²) in [6.45, 7) is 5.47. The second-order valence-corrected chi connectivity index (χ2v) is 7.36. The minimum Gasteiger partial charge on any atom is -0.459 e. The maximum Gasteiger partial charge on any atom is 0.316 e. The van der Waals surface area contributed by atoms with E-state index in [1.165, 1.54) is 23.1 Å². The zero-order chi connectivity index (χ0) is 13.8. The first kappa shape index (κ1) is 15.7. The normalized spacial score (nSPS) is 11.3. The molecule has 1 rings (SSSR count). The van der Waals surface area contributed by atoms with E-state index in [9.17, 15) is 9.59 Å². The fraction of sp³-hybridized carbons (Fsp3) is 0.500. The Kier molecular flexibility index (Phi) is 5.88. The Morgan fingerprint density at radius 1 is 1.39 bits per heavy atom. The van der Waals surface area contributed by atoms with Gasteiger partial charge in [0.2, 0.25) is 0 Å². The van der Waals surface area contributed by atoms with Crippen LogP contribution in [0.25, 0.3) is 0 Å². The second-order valence-electron chi connectivity index (χ2n) is 4.60. The van der Waals surface area contributed by atoms with Crippen molar-refractivity contribution >= 4 is 50.8 Å². The summed E-state index contributed by atoms with van der Waals surface area (Å²) in [6, 6.07) is 1.84. The number of rotatable bonds is 5. The van der Waals surface area contributed by atoms with Crippen LogP contribution in [0.1, 0.15) is 30.4 Å². The summed E-state index contributed by atoms with van der Waals surface area (Å²) in [5, 5.41) is 1.86. The lowest BCUT2D eigenvalue weighted by molar-refractivity contribution is -0.151. The fourth-order valence-electron chi connectivity index (χ4n) is 1.16. The molecule has 0 aliphatic carbocycles. The minimum absolute atomic E-state index is 0.0328. The molecule has 0 saturated heterocycles. The lowest BCUT2D eigenvalue weighted by Gasteiger charge is -2.19. The van der Waals surface area contributed by atoms with Crippen LogP contribution in [0.3, 0.4) is 0 Å². The van der Waals surface area contributed by atoms with Gasteiger partial charge in [-0.05, 0) is 48.1 Å². The number of halogens is 1. The van der Waals surface area contributed by atoms with Crippen LogP contribution in [0, 0.1) is 0 Å². The zero-order valence-corrected chi connectivity index (χ0v) is 13.7. The molecule has 0 atom stereocenters. The molecule has 1 aromatic rings. The van der Waals surface area contributed by atoms with E-state index in [1.54, 1.807) is 0 Å². The van der Waals surface area contributed by atoms with Gasteiger partial charge in [0, 0.05) is 4.47 Å². The average molecular weight is 351 g/mol. The quantitative estimate of drug-likeness (QED) is 0.598. The molecular weight excluding hydrogens is 336 g/mol. The van der Waals surface area contributed by atoms with Crippen molar-refractivity contribution in [1.82, 2.24) is 0 Å². The Morgan fingerprint density at radius 2 is 2.06 bits per heavy atom. The van der Waals surface area contributed by atoms with Crippen molar-refractivity contribution in [2.75, 3.05) is 11.5 Å². The summed E-state index contributed by atoms with van der Waals surface area (Å²) in [5.41, 5.74) is -0.474. The summed E-state index contributed by atoms with van der Waals surface area (Å²) in [6.07, 6.45) is 0. The SMILES string of the molecule is CC(C)(C)OC(=O)CSCC(=O)c1sccc1Br. The molecule has 6 heteroatoms. The summed E-state index contributed by atoms with van der Waals surface area (Å²) >= 11 is 6.00. The van der Waals surface area contributed by atoms with Gasteiger partial charge in [0.25, 0.3) is 0 Å². The Hall–Kier alpha value is -0.330. The standard InChI is InChI=1S/C12H15BrO3S2/c1-12(2,3)16-10(15)7-17-6-9(14)11-8(13)4-5-18-11/h4-5H,6-7H2,1-3H3. The molecule has 0 fully saturated rings. The van der Waals surface area contributed by atoms with Gasteiger partial charge in [-0.25, -0.2) is 0 Å². The molecule has 1 aromatic heterocycles. The van der Waals surface area contributed by atoms with Crippen molar-refractivity contribution in [1.29, 1.82) is 0 Å². The first-order valence-electron chi connectivity index (χ1n) is 5.35. The number of hydrogen-bond donors (Lipinski definition) is 0. The molecule has 1 heterocycles. The number of ether oxygens (including phenoxy) is 1. The molecule has 0 N–H and O–H groups in total. The predicted octanol–water partition coefficient (Wildman–Crippen LogP) is 3.77. The summed E-state index contributed by atoms with van der Waals surface area (Å²) < 4.78 is 5.97. The molecule has 0 unspecified atom stereocenters. The molecule has 0 aromatic carbocycles. The van der Waals surface area contributed by atoms with Crippen LogP contribution in [0.2, 0.25) is 0 Å². The largest absolute Gasteiger partial charge is 0.459 e. The smallest absolute Gasteiger partial charge is 0.316 e. The molecule has 0 aliphatic heterocycles. The van der Waals surface area contributed by atoms with Gasteiger partial charge in [0.15, 0.2) is 5.78 Å². The number of esters is 1. The van der Waals surface area contributed by atoms with E-state index in [4.69, 9.17) is 4.74 Å². The minimum atomic E-state index is -0.474. The third-order valence-corrected chi connectivity index (χ3v) is 4.53. The van der Waals surface area contributed by atoms with Gasteiger partial charge < -0.3 is 4.74 Å². The molecule has 100 valence electrons. The first-order valence-corrected chi connectivity index (χ1v) is 8.18. The van der Waals surface area contributed by atoms with Crippen LogP contribution in [0.15, 0.2) is 15.9 Å². The van der Waals surface area contributed by atoms with E-state index in [0.717, 1.165) is 4.47 Å². The molecule has 0 aliphatic rings. The zero-order valence-electron chi connectivity index (χ0n) is 10.5. The van der Waals surface area contributed by atoms with E-state index >= 15 is 0 Å². The predicted molar refractivity (Wildman–Crippen MR) is 79.5 cm³/mol. The van der Waals surface area contributed by atoms with Gasteiger partial charge in [-0.1, -0.05) is 0 Å². The number of thioether (sulfide) groups is 1. The third kappa shape index (κ3) is 5.54. The number of ketones is 1. The number of carbonyl (C=O) groups is 2. The molecule has 0 saturated carbocycles. The Morgan fingerprint density at radius 3 is 2.56 bits per heavy atom. The lowest BCUT2D eigenvalue weighted by Crippen LogP contribution is -2.25. The Bertz CT molecular complexity index is 435. The molecule has 0 amide bonds.